The van der Waals surface area contributed by atoms with Crippen LogP contribution in [-0.2, 0) is 23.9 Å². The first-order valence-corrected chi connectivity index (χ1v) is 16.5. The summed E-state index contributed by atoms with van der Waals surface area (Å²) in [6.45, 7) is 1.31. The largest absolute Gasteiger partial charge is 0.499 e. The molecule has 47 heavy (non-hydrogen) atoms. The summed E-state index contributed by atoms with van der Waals surface area (Å²) in [5, 5.41) is 2.07. The Morgan fingerprint density at radius 3 is 2.11 bits per heavy atom. The number of carbonyl (C=O) groups excluding carboxylic acids is 3. The molecule has 6 rings (SSSR count). The van der Waals surface area contributed by atoms with E-state index in [0.29, 0.717) is 10.1 Å². The number of para-hydroxylation sites is 2. The molecule has 1 aliphatic heterocycles. The number of likely N-dealkylation sites (tertiary alicyclic amines) is 1. The normalized spacial score (nSPS) is 16.3. The third-order valence-electron chi connectivity index (χ3n) is 7.47. The quantitative estimate of drug-likeness (QED) is 0.0713. The van der Waals surface area contributed by atoms with Crippen molar-refractivity contribution >= 4 is 51.1 Å². The van der Waals surface area contributed by atoms with Gasteiger partial charge in [-0.15, -0.1) is 11.3 Å². The number of aromatic nitrogens is 1. The smallest absolute Gasteiger partial charge is 0.359 e. The summed E-state index contributed by atoms with van der Waals surface area (Å²) in [7, 11) is 1.43. The minimum atomic E-state index is -0.967. The van der Waals surface area contributed by atoms with Crippen molar-refractivity contribution in [3.05, 3.63) is 138 Å². The highest BCUT2D eigenvalue weighted by Crippen LogP contribution is 2.42. The lowest BCUT2D eigenvalue weighted by molar-refractivity contribution is -0.155. The van der Waals surface area contributed by atoms with Crippen molar-refractivity contribution in [1.29, 1.82) is 0 Å². The molecule has 11 heteroatoms. The van der Waals surface area contributed by atoms with E-state index >= 15 is 0 Å². The highest BCUT2D eigenvalue weighted by molar-refractivity contribution is 8.01. The fraction of sp³-hybridized carbons (Fsp3) is 0.167. The maximum absolute atomic E-state index is 14.1. The Balaban J connectivity index is 1.29. The number of amides is 2. The molecular formula is C36H31N3O6S2. The minimum absolute atomic E-state index is 0.0565. The summed E-state index contributed by atoms with van der Waals surface area (Å²) < 4.78 is 18.9. The van der Waals surface area contributed by atoms with Crippen molar-refractivity contribution in [3.63, 3.8) is 0 Å². The topological polar surface area (TPSA) is 107 Å². The van der Waals surface area contributed by atoms with Crippen LogP contribution in [0.2, 0.25) is 0 Å². The molecule has 2 amide bonds. The summed E-state index contributed by atoms with van der Waals surface area (Å²) in [5.41, 5.74) is 2.28. The van der Waals surface area contributed by atoms with Crippen LogP contribution in [0.15, 0.2) is 131 Å². The Kier molecular flexibility index (Phi) is 9.84. The summed E-state index contributed by atoms with van der Waals surface area (Å²) >= 11 is 2.74. The molecule has 0 spiro atoms. The molecule has 2 atom stereocenters. The monoisotopic (exact) mass is 665 g/mol. The minimum Gasteiger partial charge on any atom is -0.499 e. The predicted molar refractivity (Wildman–Crippen MR) is 181 cm³/mol. The molecule has 1 fully saturated rings. The first-order chi connectivity index (χ1) is 22.9. The molecule has 238 valence electrons. The van der Waals surface area contributed by atoms with Gasteiger partial charge in [0.2, 0.25) is 0 Å². The van der Waals surface area contributed by atoms with Gasteiger partial charge < -0.3 is 19.5 Å². The van der Waals surface area contributed by atoms with Gasteiger partial charge in [0, 0.05) is 0 Å². The molecule has 1 N–H and O–H groups in total. The fourth-order valence-corrected chi connectivity index (χ4v) is 7.54. The number of carbonyl (C=O) groups is 3. The van der Waals surface area contributed by atoms with Crippen LogP contribution < -0.4 is 10.1 Å². The van der Waals surface area contributed by atoms with Crippen molar-refractivity contribution < 1.29 is 28.6 Å². The van der Waals surface area contributed by atoms with E-state index in [4.69, 9.17) is 19.2 Å². The van der Waals surface area contributed by atoms with Crippen molar-refractivity contribution in [3.8, 4) is 5.75 Å². The third kappa shape index (κ3) is 7.16. The van der Waals surface area contributed by atoms with Crippen molar-refractivity contribution in [2.24, 2.45) is 0 Å². The standard InChI is InChI=1S/C36H31N3O6S2/c1-23(43-2)31(35(42)45-32(24-14-6-3-7-15-24)25-16-8-4-9-17-25)39-33(41)30(38-29(40)22-44-26-18-10-5-11-19-26)34(39)47-36-37-27-20-12-13-21-28(27)46-36/h3-21,30,32,34H,22H2,1-2H3,(H,38,40)/b31-23+. The zero-order valence-corrected chi connectivity index (χ0v) is 27.2. The van der Waals surface area contributed by atoms with Crippen molar-refractivity contribution in [2.45, 2.75) is 28.8 Å². The predicted octanol–water partition coefficient (Wildman–Crippen LogP) is 6.33. The molecule has 4 aromatic carbocycles. The van der Waals surface area contributed by atoms with Crippen LogP contribution in [0.1, 0.15) is 24.2 Å². The second-order valence-electron chi connectivity index (χ2n) is 10.5. The molecule has 5 aromatic rings. The molecule has 0 radical (unpaired) electrons. The Morgan fingerprint density at radius 2 is 1.49 bits per heavy atom. The van der Waals surface area contributed by atoms with Gasteiger partial charge in [0.15, 0.2) is 22.7 Å². The van der Waals surface area contributed by atoms with Gasteiger partial charge in [-0.1, -0.05) is 103 Å². The number of thiazole rings is 1. The number of hydrogen-bond donors (Lipinski definition) is 1. The van der Waals surface area contributed by atoms with E-state index in [2.05, 4.69) is 5.32 Å². The number of fused-ring (bicyclic) bond motifs is 1. The van der Waals surface area contributed by atoms with Crippen LogP contribution in [0.25, 0.3) is 10.2 Å². The number of thioether (sulfide) groups is 1. The second kappa shape index (κ2) is 14.5. The van der Waals surface area contributed by atoms with Crippen LogP contribution >= 0.6 is 23.1 Å². The van der Waals surface area contributed by atoms with Gasteiger partial charge in [-0.3, -0.25) is 14.5 Å². The van der Waals surface area contributed by atoms with E-state index < -0.39 is 35.3 Å². The number of β-lactam (4-membered cyclic amide) rings is 1. The highest BCUT2D eigenvalue weighted by atomic mass is 32.2. The van der Waals surface area contributed by atoms with Crippen LogP contribution in [0.4, 0.5) is 0 Å². The number of allylic oxidation sites excluding steroid dienone is 1. The number of nitrogens with zero attached hydrogens (tertiary/aromatic N) is 2. The number of esters is 1. The molecule has 1 aromatic heterocycles. The van der Waals surface area contributed by atoms with Crippen LogP contribution in [-0.4, -0.2) is 52.8 Å². The first kappa shape index (κ1) is 31.8. The van der Waals surface area contributed by atoms with Gasteiger partial charge in [0.05, 0.1) is 17.3 Å². The van der Waals surface area contributed by atoms with E-state index in [0.717, 1.165) is 21.3 Å². The van der Waals surface area contributed by atoms with E-state index in [1.165, 1.54) is 35.1 Å². The molecule has 0 aliphatic carbocycles. The summed E-state index contributed by atoms with van der Waals surface area (Å²) in [5.74, 6) is -1.000. The number of nitrogens with one attached hydrogen (secondary N) is 1. The Labute approximate surface area is 280 Å². The van der Waals surface area contributed by atoms with Crippen LogP contribution in [0.5, 0.6) is 5.75 Å². The number of methoxy groups -OCH3 is 1. The Bertz CT molecular complexity index is 1830. The summed E-state index contributed by atoms with van der Waals surface area (Å²) in [4.78, 5) is 47.1. The summed E-state index contributed by atoms with van der Waals surface area (Å²) in [6, 6.07) is 34.4. The zero-order chi connectivity index (χ0) is 32.8. The first-order valence-electron chi connectivity index (χ1n) is 14.8. The third-order valence-corrected chi connectivity index (χ3v) is 9.86. The summed E-state index contributed by atoms with van der Waals surface area (Å²) in [6.07, 6.45) is -0.748. The number of hydrogen-bond acceptors (Lipinski definition) is 9. The molecule has 2 unspecified atom stereocenters. The average Bonchev–Trinajstić information content (AvgIpc) is 3.54. The molecule has 1 aliphatic rings. The average molecular weight is 666 g/mol. The van der Waals surface area contributed by atoms with Gasteiger partial charge in [0.1, 0.15) is 22.9 Å². The maximum atomic E-state index is 14.1. The molecule has 0 saturated carbocycles. The zero-order valence-electron chi connectivity index (χ0n) is 25.6. The van der Waals surface area contributed by atoms with E-state index in [9.17, 15) is 14.4 Å². The fourth-order valence-electron chi connectivity index (χ4n) is 5.10. The van der Waals surface area contributed by atoms with Gasteiger partial charge in [0.25, 0.3) is 11.8 Å². The molecule has 2 heterocycles. The molecule has 0 bridgehead atoms. The van der Waals surface area contributed by atoms with E-state index in [1.807, 2.05) is 91.0 Å². The second-order valence-corrected chi connectivity index (χ2v) is 12.9. The van der Waals surface area contributed by atoms with E-state index in [1.54, 1.807) is 31.2 Å². The Hall–Kier alpha value is -5.13. The SMILES string of the molecule is CO/C(C)=C(\C(=O)OC(c1ccccc1)c1ccccc1)N1C(=O)C(NC(=O)COc2ccccc2)C1Sc1nc2ccccc2s1. The number of rotatable bonds is 12. The van der Waals surface area contributed by atoms with Crippen LogP contribution in [0.3, 0.4) is 0 Å². The van der Waals surface area contributed by atoms with Gasteiger partial charge in [-0.2, -0.15) is 0 Å². The highest BCUT2D eigenvalue weighted by Gasteiger charge is 2.53. The van der Waals surface area contributed by atoms with Gasteiger partial charge in [-0.25, -0.2) is 9.78 Å². The van der Waals surface area contributed by atoms with Crippen molar-refractivity contribution in [1.82, 2.24) is 15.2 Å². The van der Waals surface area contributed by atoms with E-state index in [-0.39, 0.29) is 18.1 Å². The van der Waals surface area contributed by atoms with Gasteiger partial charge in [-0.05, 0) is 42.3 Å². The Morgan fingerprint density at radius 1 is 0.894 bits per heavy atom. The van der Waals surface area contributed by atoms with Gasteiger partial charge >= 0.3 is 5.97 Å². The maximum Gasteiger partial charge on any atom is 0.359 e. The number of ether oxygens (including phenoxy) is 3. The lowest BCUT2D eigenvalue weighted by atomic mass is 10.0. The number of benzene rings is 4. The lowest BCUT2D eigenvalue weighted by Crippen LogP contribution is -2.69. The van der Waals surface area contributed by atoms with Crippen molar-refractivity contribution in [2.75, 3.05) is 13.7 Å². The lowest BCUT2D eigenvalue weighted by Gasteiger charge is -2.46. The molecular weight excluding hydrogens is 635 g/mol. The van der Waals surface area contributed by atoms with Crippen LogP contribution in [0, 0.1) is 0 Å². The molecule has 1 saturated heterocycles. The molecule has 9 nitrogen and oxygen atoms in total.